The third-order valence-electron chi connectivity index (χ3n) is 9.96. The quantitative estimate of drug-likeness (QED) is 0.341. The highest BCUT2D eigenvalue weighted by molar-refractivity contribution is 6.15. The summed E-state index contributed by atoms with van der Waals surface area (Å²) < 4.78 is 11.6. The summed E-state index contributed by atoms with van der Waals surface area (Å²) in [5.74, 6) is 0.858. The van der Waals surface area contributed by atoms with E-state index in [1.807, 2.05) is 44.3 Å². The van der Waals surface area contributed by atoms with E-state index in [2.05, 4.69) is 21.2 Å². The summed E-state index contributed by atoms with van der Waals surface area (Å²) >= 11 is 0. The normalized spacial score (nSPS) is 23.3. The van der Waals surface area contributed by atoms with Crippen LogP contribution in [0.1, 0.15) is 87.3 Å². The van der Waals surface area contributed by atoms with E-state index in [0.29, 0.717) is 25.2 Å². The maximum atomic E-state index is 12.7. The Bertz CT molecular complexity index is 1400. The van der Waals surface area contributed by atoms with E-state index in [-0.39, 0.29) is 29.9 Å². The summed E-state index contributed by atoms with van der Waals surface area (Å²) in [6.07, 6.45) is 7.85. The van der Waals surface area contributed by atoms with Crippen LogP contribution in [0.5, 0.6) is 11.5 Å². The fraction of sp³-hybridized carbons (Fsp3) is 0.595. The van der Waals surface area contributed by atoms with Crippen LogP contribution in [0.15, 0.2) is 41.4 Å². The van der Waals surface area contributed by atoms with Gasteiger partial charge in [-0.3, -0.25) is 14.6 Å². The van der Waals surface area contributed by atoms with Crippen molar-refractivity contribution in [3.8, 4) is 11.5 Å². The Kier molecular flexibility index (Phi) is 12.3. The van der Waals surface area contributed by atoms with Gasteiger partial charge in [0.1, 0.15) is 0 Å². The highest BCUT2D eigenvalue weighted by Gasteiger charge is 2.37. The molecule has 256 valence electrons. The van der Waals surface area contributed by atoms with Crippen LogP contribution in [-0.2, 0) is 9.59 Å². The molecule has 3 atom stereocenters. The van der Waals surface area contributed by atoms with Crippen LogP contribution in [0.4, 0.5) is 5.69 Å². The average Bonchev–Trinajstić information content (AvgIpc) is 3.08. The molecule has 2 saturated heterocycles. The molecule has 0 bridgehead atoms. The monoisotopic (exact) mass is 648 g/mol. The Morgan fingerprint density at radius 1 is 1.00 bits per heavy atom. The zero-order valence-electron chi connectivity index (χ0n) is 28.2. The number of piperidine rings is 2. The van der Waals surface area contributed by atoms with Crippen molar-refractivity contribution in [2.75, 3.05) is 58.8 Å². The Morgan fingerprint density at radius 3 is 2.47 bits per heavy atom. The lowest BCUT2D eigenvalue weighted by atomic mass is 9.74. The summed E-state index contributed by atoms with van der Waals surface area (Å²) in [4.78, 5) is 32.9. The van der Waals surface area contributed by atoms with Crippen LogP contribution in [0.25, 0.3) is 0 Å². The molecule has 1 amide bonds. The van der Waals surface area contributed by atoms with Gasteiger partial charge in [-0.25, -0.2) is 0 Å². The number of hydrogen-bond donors (Lipinski definition) is 3. The predicted molar refractivity (Wildman–Crippen MR) is 184 cm³/mol. The minimum atomic E-state index is -0.631. The van der Waals surface area contributed by atoms with Gasteiger partial charge in [-0.2, -0.15) is 0 Å². The molecule has 0 aromatic heterocycles. The highest BCUT2D eigenvalue weighted by Crippen LogP contribution is 2.45. The largest absolute Gasteiger partial charge is 0.493 e. The number of likely N-dealkylation sites (tertiary alicyclic amines) is 2. The van der Waals surface area contributed by atoms with Crippen molar-refractivity contribution in [1.82, 2.24) is 9.80 Å². The number of carboxylic acids is 1. The van der Waals surface area contributed by atoms with Gasteiger partial charge in [-0.05, 0) is 115 Å². The Hall–Kier alpha value is -3.47. The van der Waals surface area contributed by atoms with Gasteiger partial charge in [0.05, 0.1) is 37.5 Å². The number of carbonyl (C=O) groups is 2. The molecule has 10 nitrogen and oxygen atoms in total. The smallest absolute Gasteiger partial charge is 0.306 e. The topological polar surface area (TPSA) is 124 Å². The first-order valence-corrected chi connectivity index (χ1v) is 17.4. The maximum absolute atomic E-state index is 12.7. The number of benzene rings is 2. The predicted octanol–water partition coefficient (Wildman–Crippen LogP) is 5.17. The van der Waals surface area contributed by atoms with E-state index in [9.17, 15) is 14.7 Å². The molecular weight excluding hydrogens is 596 g/mol. The number of fused-ring (bicyclic) bond motifs is 3. The zero-order chi connectivity index (χ0) is 33.3. The molecule has 2 aromatic carbocycles. The standard InChI is InChI=1S/C30H39N3O4.C7H13NO2/c1-3-37-28-18-23-24-17-22(34)10-11-26(24)32-30(25(23)19-27(28)36-2)20-8-7-9-21(16-20)31-29(35)12-15-33-13-5-4-6-14-33;1-8-4-2-6(3-5-8)7(9)10/h7-9,16,18-19,22,24,26,34H,3-6,10-15,17H2,1-2H3,(H,31,35);6H,2-5H2,1H3,(H,9,10). The summed E-state index contributed by atoms with van der Waals surface area (Å²) in [7, 11) is 3.68. The van der Waals surface area contributed by atoms with Gasteiger partial charge in [0.15, 0.2) is 11.5 Å². The van der Waals surface area contributed by atoms with E-state index in [1.165, 1.54) is 19.3 Å². The third-order valence-corrected chi connectivity index (χ3v) is 9.96. The number of amides is 1. The van der Waals surface area contributed by atoms with Crippen molar-refractivity contribution in [3.05, 3.63) is 53.1 Å². The first-order valence-electron chi connectivity index (χ1n) is 17.4. The fourth-order valence-corrected chi connectivity index (χ4v) is 7.27. The Balaban J connectivity index is 0.000000371. The summed E-state index contributed by atoms with van der Waals surface area (Å²) in [5, 5.41) is 22.1. The van der Waals surface area contributed by atoms with Gasteiger partial charge in [0.2, 0.25) is 5.91 Å². The van der Waals surface area contributed by atoms with E-state index in [4.69, 9.17) is 19.6 Å². The minimum absolute atomic E-state index is 0.0399. The molecule has 0 radical (unpaired) electrons. The van der Waals surface area contributed by atoms with Crippen LogP contribution in [0, 0.1) is 5.92 Å². The number of anilines is 1. The lowest BCUT2D eigenvalue weighted by molar-refractivity contribution is -0.143. The second-order valence-electron chi connectivity index (χ2n) is 13.3. The number of ether oxygens (including phenoxy) is 2. The van der Waals surface area contributed by atoms with Crippen molar-refractivity contribution < 1.29 is 29.3 Å². The average molecular weight is 649 g/mol. The van der Waals surface area contributed by atoms with Crippen molar-refractivity contribution in [1.29, 1.82) is 0 Å². The number of nitrogens with one attached hydrogen (secondary N) is 1. The molecule has 6 rings (SSSR count). The maximum Gasteiger partial charge on any atom is 0.306 e. The second kappa shape index (κ2) is 16.6. The van der Waals surface area contributed by atoms with Crippen molar-refractivity contribution >= 4 is 23.3 Å². The molecule has 3 fully saturated rings. The highest BCUT2D eigenvalue weighted by atomic mass is 16.5. The number of carbonyl (C=O) groups excluding carboxylic acids is 1. The Morgan fingerprint density at radius 2 is 1.77 bits per heavy atom. The van der Waals surface area contributed by atoms with Gasteiger partial charge in [0.25, 0.3) is 0 Å². The zero-order valence-corrected chi connectivity index (χ0v) is 28.2. The van der Waals surface area contributed by atoms with E-state index >= 15 is 0 Å². The number of nitrogens with zero attached hydrogens (tertiary/aromatic N) is 3. The number of methoxy groups -OCH3 is 1. The fourth-order valence-electron chi connectivity index (χ4n) is 7.27. The number of aliphatic carboxylic acids is 1. The lowest BCUT2D eigenvalue weighted by Gasteiger charge is -2.37. The molecule has 47 heavy (non-hydrogen) atoms. The number of aliphatic hydroxyl groups is 1. The summed E-state index contributed by atoms with van der Waals surface area (Å²) in [6.45, 7) is 7.36. The van der Waals surface area contributed by atoms with Crippen LogP contribution >= 0.6 is 0 Å². The van der Waals surface area contributed by atoms with E-state index in [0.717, 1.165) is 92.2 Å². The molecule has 1 aliphatic carbocycles. The van der Waals surface area contributed by atoms with Gasteiger partial charge < -0.3 is 34.8 Å². The third kappa shape index (κ3) is 9.12. The number of aliphatic hydroxyl groups excluding tert-OH is 1. The first-order chi connectivity index (χ1) is 22.7. The van der Waals surface area contributed by atoms with Crippen LogP contribution < -0.4 is 14.8 Å². The second-order valence-corrected chi connectivity index (χ2v) is 13.3. The first kappa shape index (κ1) is 34.9. The van der Waals surface area contributed by atoms with Gasteiger partial charge in [-0.1, -0.05) is 18.6 Å². The SMILES string of the molecule is CCOc1cc2c(cc1OC)C(c1cccc(NC(=O)CCN3CCCCC3)c1)=NC1CCC(O)CC21.CN1CCC(C(=O)O)CC1. The molecule has 0 spiro atoms. The lowest BCUT2D eigenvalue weighted by Crippen LogP contribution is -2.34. The number of carboxylic acid groups (broad SMARTS) is 1. The molecular formula is C37H52N4O6. The molecule has 3 heterocycles. The van der Waals surface area contributed by atoms with Crippen molar-refractivity contribution in [3.63, 3.8) is 0 Å². The molecule has 3 aliphatic heterocycles. The number of hydrogen-bond acceptors (Lipinski definition) is 8. The molecule has 10 heteroatoms. The van der Waals surface area contributed by atoms with Crippen LogP contribution in [0.3, 0.4) is 0 Å². The Labute approximate surface area is 279 Å². The van der Waals surface area contributed by atoms with Gasteiger partial charge in [0, 0.05) is 35.7 Å². The van der Waals surface area contributed by atoms with E-state index < -0.39 is 5.97 Å². The number of aliphatic imine (C=N–C) groups is 1. The molecule has 3 unspecified atom stereocenters. The van der Waals surface area contributed by atoms with Crippen molar-refractivity contribution in [2.45, 2.75) is 82.8 Å². The van der Waals surface area contributed by atoms with Crippen LogP contribution in [-0.4, -0.2) is 103 Å². The van der Waals surface area contributed by atoms with Crippen molar-refractivity contribution in [2.24, 2.45) is 10.9 Å². The molecule has 4 aliphatic rings. The molecule has 3 N–H and O–H groups in total. The summed E-state index contributed by atoms with van der Waals surface area (Å²) in [6, 6.07) is 12.2. The number of rotatable bonds is 9. The van der Waals surface area contributed by atoms with E-state index in [1.54, 1.807) is 7.11 Å². The minimum Gasteiger partial charge on any atom is -0.493 e. The molecule has 1 saturated carbocycles. The van der Waals surface area contributed by atoms with Gasteiger partial charge >= 0.3 is 5.97 Å². The van der Waals surface area contributed by atoms with Crippen LogP contribution in [0.2, 0.25) is 0 Å². The van der Waals surface area contributed by atoms with Gasteiger partial charge in [-0.15, -0.1) is 0 Å². The summed E-state index contributed by atoms with van der Waals surface area (Å²) in [5.41, 5.74) is 4.80. The molecule has 2 aromatic rings.